The van der Waals surface area contributed by atoms with Crippen LogP contribution in [0.3, 0.4) is 0 Å². The summed E-state index contributed by atoms with van der Waals surface area (Å²) in [6.07, 6.45) is 1.93. The van der Waals surface area contributed by atoms with E-state index in [9.17, 15) is 9.90 Å². The Balaban J connectivity index is 1.32. The van der Waals surface area contributed by atoms with Crippen molar-refractivity contribution in [1.82, 2.24) is 10.3 Å². The summed E-state index contributed by atoms with van der Waals surface area (Å²) in [6, 6.07) is 17.4. The molecule has 0 saturated carbocycles. The summed E-state index contributed by atoms with van der Waals surface area (Å²) in [4.78, 5) is 18.2. The third kappa shape index (κ3) is 5.59. The molecule has 7 nitrogen and oxygen atoms in total. The van der Waals surface area contributed by atoms with Gasteiger partial charge in [-0.2, -0.15) is 0 Å². The summed E-state index contributed by atoms with van der Waals surface area (Å²) in [5.74, 6) is -0.278. The average Bonchev–Trinajstić information content (AvgIpc) is 3.38. The predicted octanol–water partition coefficient (Wildman–Crippen LogP) is 3.32. The van der Waals surface area contributed by atoms with Crippen LogP contribution in [-0.2, 0) is 17.6 Å². The molecule has 0 radical (unpaired) electrons. The number of hydrogen-bond donors (Lipinski definition) is 5. The number of aliphatic hydroxyl groups is 1. The number of nitrogens with zero attached hydrogens (tertiary/aromatic N) is 1. The van der Waals surface area contributed by atoms with Gasteiger partial charge in [0, 0.05) is 16.6 Å². The molecular weight excluding hydrogens is 434 g/mol. The Morgan fingerprint density at radius 1 is 1.21 bits per heavy atom. The largest absolute Gasteiger partial charge is 0.385 e. The van der Waals surface area contributed by atoms with Crippen molar-refractivity contribution in [2.24, 2.45) is 5.73 Å². The van der Waals surface area contributed by atoms with Crippen LogP contribution in [-0.4, -0.2) is 28.2 Å². The Bertz CT molecular complexity index is 1070. The standard InChI is InChI=1S/C25H31N5O2S/c1-2-17(28-23(26)22(31)16-6-4-3-5-7-16)14-15-8-10-18(11-9-15)29-24(32)19-12-13-20-21(19)30-25(27)33-20/h3-11,17,19,22-23,28,31H,2,12-14,26H2,1H3,(H2,27,30)(H,29,32)/t17-,19?,22+,23-/m0/s1. The minimum atomic E-state index is -0.776. The topological polar surface area (TPSA) is 126 Å². The Kier molecular flexibility index (Phi) is 7.39. The van der Waals surface area contributed by atoms with Crippen LogP contribution in [0, 0.1) is 0 Å². The molecule has 7 N–H and O–H groups in total. The number of nitrogens with two attached hydrogens (primary N) is 2. The number of amides is 1. The third-order valence-electron chi connectivity index (χ3n) is 6.16. The van der Waals surface area contributed by atoms with Crippen molar-refractivity contribution >= 4 is 28.1 Å². The smallest absolute Gasteiger partial charge is 0.233 e. The van der Waals surface area contributed by atoms with Crippen LogP contribution in [0.2, 0.25) is 0 Å². The van der Waals surface area contributed by atoms with E-state index in [-0.39, 0.29) is 17.9 Å². The summed E-state index contributed by atoms with van der Waals surface area (Å²) in [7, 11) is 0. The molecule has 3 aromatic rings. The number of nitrogen functional groups attached to an aromatic ring is 1. The van der Waals surface area contributed by atoms with Gasteiger partial charge < -0.3 is 21.9 Å². The van der Waals surface area contributed by atoms with Crippen LogP contribution in [0.4, 0.5) is 10.8 Å². The minimum Gasteiger partial charge on any atom is -0.385 e. The first kappa shape index (κ1) is 23.4. The highest BCUT2D eigenvalue weighted by Gasteiger charge is 2.32. The maximum Gasteiger partial charge on any atom is 0.233 e. The molecule has 1 aromatic heterocycles. The van der Waals surface area contributed by atoms with Gasteiger partial charge in [-0.05, 0) is 48.9 Å². The molecule has 1 aliphatic rings. The quantitative estimate of drug-likeness (QED) is 0.309. The number of hydrogen-bond acceptors (Lipinski definition) is 7. The lowest BCUT2D eigenvalue weighted by atomic mass is 10.0. The van der Waals surface area contributed by atoms with Crippen molar-refractivity contribution in [2.45, 2.75) is 56.8 Å². The van der Waals surface area contributed by atoms with Crippen LogP contribution in [0.1, 0.15) is 53.5 Å². The molecule has 4 rings (SSSR count). The molecule has 1 heterocycles. The van der Waals surface area contributed by atoms with Gasteiger partial charge in [0.1, 0.15) is 6.10 Å². The molecule has 33 heavy (non-hydrogen) atoms. The van der Waals surface area contributed by atoms with Gasteiger partial charge in [0.05, 0.1) is 17.8 Å². The molecule has 174 valence electrons. The molecule has 8 heteroatoms. The fourth-order valence-corrected chi connectivity index (χ4v) is 5.19. The zero-order chi connectivity index (χ0) is 23.4. The van der Waals surface area contributed by atoms with E-state index in [0.717, 1.165) is 53.1 Å². The number of rotatable bonds is 9. The number of fused-ring (bicyclic) bond motifs is 1. The lowest BCUT2D eigenvalue weighted by Crippen LogP contribution is -2.48. The Hall–Kier alpha value is -2.78. The highest BCUT2D eigenvalue weighted by Crippen LogP contribution is 2.37. The van der Waals surface area contributed by atoms with Crippen molar-refractivity contribution in [2.75, 3.05) is 11.1 Å². The highest BCUT2D eigenvalue weighted by atomic mass is 32.1. The number of carbonyl (C=O) groups is 1. The van der Waals surface area contributed by atoms with Crippen LogP contribution in [0.15, 0.2) is 54.6 Å². The van der Waals surface area contributed by atoms with Gasteiger partial charge in [0.15, 0.2) is 5.13 Å². The molecule has 0 aliphatic heterocycles. The number of thiazole rings is 1. The third-order valence-corrected chi connectivity index (χ3v) is 7.12. The first-order chi connectivity index (χ1) is 15.9. The fraction of sp³-hybridized carbons (Fsp3) is 0.360. The second-order valence-electron chi connectivity index (χ2n) is 8.50. The van der Waals surface area contributed by atoms with Crippen molar-refractivity contribution < 1.29 is 9.90 Å². The molecule has 4 atom stereocenters. The summed E-state index contributed by atoms with van der Waals surface area (Å²) in [5.41, 5.74) is 15.5. The average molecular weight is 466 g/mol. The van der Waals surface area contributed by atoms with Gasteiger partial charge in [-0.3, -0.25) is 10.1 Å². The first-order valence-electron chi connectivity index (χ1n) is 11.3. The zero-order valence-corrected chi connectivity index (χ0v) is 19.5. The molecule has 1 amide bonds. The molecule has 1 unspecified atom stereocenters. The van der Waals surface area contributed by atoms with Crippen LogP contribution in [0.5, 0.6) is 0 Å². The van der Waals surface area contributed by atoms with Crippen molar-refractivity contribution in [1.29, 1.82) is 0 Å². The minimum absolute atomic E-state index is 0.0409. The van der Waals surface area contributed by atoms with E-state index in [1.165, 1.54) is 11.3 Å². The summed E-state index contributed by atoms with van der Waals surface area (Å²) in [6.45, 7) is 2.09. The Morgan fingerprint density at radius 3 is 2.64 bits per heavy atom. The SMILES string of the molecule is CC[C@@H](Cc1ccc(NC(=O)C2CCc3sc(N)nc32)cc1)N[C@H](N)[C@H](O)c1ccccc1. The number of anilines is 2. The van der Waals surface area contributed by atoms with Gasteiger partial charge in [0.25, 0.3) is 0 Å². The van der Waals surface area contributed by atoms with Gasteiger partial charge >= 0.3 is 0 Å². The van der Waals surface area contributed by atoms with E-state index in [1.54, 1.807) is 0 Å². The number of nitrogens with one attached hydrogen (secondary N) is 2. The second-order valence-corrected chi connectivity index (χ2v) is 9.61. The lowest BCUT2D eigenvalue weighted by Gasteiger charge is -2.26. The number of carbonyl (C=O) groups excluding carboxylic acids is 1. The Labute approximate surface area is 198 Å². The molecule has 2 aromatic carbocycles. The fourth-order valence-electron chi connectivity index (χ4n) is 4.28. The van der Waals surface area contributed by atoms with Gasteiger partial charge in [-0.25, -0.2) is 4.98 Å². The number of benzene rings is 2. The number of aryl methyl sites for hydroxylation is 1. The molecule has 0 saturated heterocycles. The van der Waals surface area contributed by atoms with E-state index in [0.29, 0.717) is 5.13 Å². The molecular formula is C25H31N5O2S. The van der Waals surface area contributed by atoms with E-state index >= 15 is 0 Å². The highest BCUT2D eigenvalue weighted by molar-refractivity contribution is 7.15. The van der Waals surface area contributed by atoms with Gasteiger partial charge in [0.2, 0.25) is 5.91 Å². The normalized spacial score (nSPS) is 17.8. The van der Waals surface area contributed by atoms with E-state index < -0.39 is 12.3 Å². The van der Waals surface area contributed by atoms with Crippen molar-refractivity contribution in [3.8, 4) is 0 Å². The first-order valence-corrected chi connectivity index (χ1v) is 12.2. The molecule has 1 aliphatic carbocycles. The number of aromatic nitrogens is 1. The van der Waals surface area contributed by atoms with E-state index in [2.05, 4.69) is 22.5 Å². The summed E-state index contributed by atoms with van der Waals surface area (Å²) >= 11 is 1.47. The predicted molar refractivity (Wildman–Crippen MR) is 133 cm³/mol. The van der Waals surface area contributed by atoms with Crippen molar-refractivity contribution in [3.05, 3.63) is 76.3 Å². The van der Waals surface area contributed by atoms with Crippen LogP contribution in [0.25, 0.3) is 0 Å². The maximum absolute atomic E-state index is 12.8. The summed E-state index contributed by atoms with van der Waals surface area (Å²) in [5, 5.41) is 17.4. The lowest BCUT2D eigenvalue weighted by molar-refractivity contribution is -0.117. The Morgan fingerprint density at radius 2 is 1.94 bits per heavy atom. The van der Waals surface area contributed by atoms with E-state index in [1.807, 2.05) is 54.6 Å². The van der Waals surface area contributed by atoms with Gasteiger partial charge in [-0.15, -0.1) is 11.3 Å². The number of aliphatic hydroxyl groups excluding tert-OH is 1. The molecule has 0 fully saturated rings. The van der Waals surface area contributed by atoms with E-state index in [4.69, 9.17) is 11.5 Å². The van der Waals surface area contributed by atoms with Crippen molar-refractivity contribution in [3.63, 3.8) is 0 Å². The van der Waals surface area contributed by atoms with Gasteiger partial charge in [-0.1, -0.05) is 49.4 Å². The zero-order valence-electron chi connectivity index (χ0n) is 18.7. The van der Waals surface area contributed by atoms with Crippen LogP contribution >= 0.6 is 11.3 Å². The molecule has 0 bridgehead atoms. The monoisotopic (exact) mass is 465 g/mol. The van der Waals surface area contributed by atoms with Crippen LogP contribution < -0.4 is 22.1 Å². The summed E-state index contributed by atoms with van der Waals surface area (Å²) < 4.78 is 0. The maximum atomic E-state index is 12.8. The molecule has 0 spiro atoms. The second kappa shape index (κ2) is 10.4.